The molecular formula is C17H21ClN2O. The Balaban J connectivity index is 1.55. The van der Waals surface area contributed by atoms with Crippen LogP contribution in [0.2, 0.25) is 5.02 Å². The predicted molar refractivity (Wildman–Crippen MR) is 84.2 cm³/mol. The molecule has 112 valence electrons. The van der Waals surface area contributed by atoms with Crippen LogP contribution in [0.5, 0.6) is 0 Å². The van der Waals surface area contributed by atoms with E-state index in [4.69, 9.17) is 17.3 Å². The molecule has 3 nitrogen and oxygen atoms in total. The van der Waals surface area contributed by atoms with E-state index in [0.29, 0.717) is 16.3 Å². The second kappa shape index (κ2) is 4.64. The molecule has 0 aliphatic heterocycles. The van der Waals surface area contributed by atoms with Crippen LogP contribution in [-0.4, -0.2) is 11.4 Å². The predicted octanol–water partition coefficient (Wildman–Crippen LogP) is 3.62. The van der Waals surface area contributed by atoms with Crippen molar-refractivity contribution in [1.82, 2.24) is 5.32 Å². The molecule has 0 spiro atoms. The van der Waals surface area contributed by atoms with Crippen molar-refractivity contribution in [2.75, 3.05) is 5.73 Å². The third kappa shape index (κ3) is 2.32. The van der Waals surface area contributed by atoms with E-state index in [2.05, 4.69) is 5.32 Å². The van der Waals surface area contributed by atoms with E-state index in [1.807, 2.05) is 0 Å². The van der Waals surface area contributed by atoms with Crippen LogP contribution in [0.4, 0.5) is 5.69 Å². The summed E-state index contributed by atoms with van der Waals surface area (Å²) in [6.07, 6.45) is 7.62. The Bertz CT molecular complexity index is 563. The van der Waals surface area contributed by atoms with Crippen LogP contribution in [0.1, 0.15) is 48.9 Å². The Hall–Kier alpha value is -1.22. The number of carbonyl (C=O) groups excluding carboxylic acids is 1. The van der Waals surface area contributed by atoms with Gasteiger partial charge in [-0.1, -0.05) is 11.6 Å². The second-order valence-corrected chi connectivity index (χ2v) is 7.80. The van der Waals surface area contributed by atoms with E-state index in [-0.39, 0.29) is 11.4 Å². The highest BCUT2D eigenvalue weighted by atomic mass is 35.5. The molecule has 0 atom stereocenters. The maximum atomic E-state index is 12.6. The smallest absolute Gasteiger partial charge is 0.251 e. The van der Waals surface area contributed by atoms with E-state index in [0.717, 1.165) is 37.0 Å². The summed E-state index contributed by atoms with van der Waals surface area (Å²) >= 11 is 5.93. The van der Waals surface area contributed by atoms with Crippen LogP contribution in [-0.2, 0) is 0 Å². The van der Waals surface area contributed by atoms with Crippen molar-refractivity contribution in [3.63, 3.8) is 0 Å². The van der Waals surface area contributed by atoms with Gasteiger partial charge in [0.05, 0.1) is 10.7 Å². The molecule has 4 heteroatoms. The van der Waals surface area contributed by atoms with Crippen molar-refractivity contribution in [3.05, 3.63) is 28.8 Å². The minimum absolute atomic E-state index is 0.000293. The minimum Gasteiger partial charge on any atom is -0.398 e. The lowest BCUT2D eigenvalue weighted by Gasteiger charge is -2.56. The highest BCUT2D eigenvalue weighted by Crippen LogP contribution is 2.55. The third-order valence-electron chi connectivity index (χ3n) is 5.68. The van der Waals surface area contributed by atoms with Gasteiger partial charge < -0.3 is 11.1 Å². The first-order valence-electron chi connectivity index (χ1n) is 7.90. The molecule has 1 amide bonds. The van der Waals surface area contributed by atoms with Crippen LogP contribution >= 0.6 is 11.6 Å². The average molecular weight is 305 g/mol. The number of nitrogen functional groups attached to an aromatic ring is 1. The summed E-state index contributed by atoms with van der Waals surface area (Å²) in [5.74, 6) is 2.48. The van der Waals surface area contributed by atoms with Gasteiger partial charge in [-0.3, -0.25) is 4.79 Å². The Morgan fingerprint density at radius 1 is 1.14 bits per heavy atom. The van der Waals surface area contributed by atoms with Crippen LogP contribution in [0.25, 0.3) is 0 Å². The fourth-order valence-corrected chi connectivity index (χ4v) is 5.38. The molecule has 3 N–H and O–H groups in total. The Morgan fingerprint density at radius 2 is 1.71 bits per heavy atom. The molecule has 0 unspecified atom stereocenters. The maximum absolute atomic E-state index is 12.6. The standard InChI is InChI=1S/C17H21ClN2O/c18-14-2-1-13(6-15(14)19)16(21)20-17-7-10-3-11(8-17)5-12(4-10)9-17/h1-2,6,10-12H,3-5,7-9,19H2,(H,20,21). The first-order valence-corrected chi connectivity index (χ1v) is 8.28. The number of amides is 1. The Morgan fingerprint density at radius 3 is 2.24 bits per heavy atom. The van der Waals surface area contributed by atoms with Crippen molar-refractivity contribution in [1.29, 1.82) is 0 Å². The topological polar surface area (TPSA) is 55.1 Å². The number of hydrogen-bond donors (Lipinski definition) is 2. The van der Waals surface area contributed by atoms with Crippen molar-refractivity contribution in [3.8, 4) is 0 Å². The molecule has 4 aliphatic carbocycles. The number of nitrogens with two attached hydrogens (primary N) is 1. The van der Waals surface area contributed by atoms with E-state index < -0.39 is 0 Å². The molecule has 0 saturated heterocycles. The zero-order valence-corrected chi connectivity index (χ0v) is 12.8. The summed E-state index contributed by atoms with van der Waals surface area (Å²) in [7, 11) is 0. The van der Waals surface area contributed by atoms with Gasteiger partial charge in [0.1, 0.15) is 0 Å². The van der Waals surface area contributed by atoms with Crippen molar-refractivity contribution in [2.45, 2.75) is 44.1 Å². The van der Waals surface area contributed by atoms with Gasteiger partial charge in [-0.25, -0.2) is 0 Å². The lowest BCUT2D eigenvalue weighted by molar-refractivity contribution is -0.0167. The van der Waals surface area contributed by atoms with Crippen molar-refractivity contribution in [2.24, 2.45) is 17.8 Å². The first-order chi connectivity index (χ1) is 10.0. The van der Waals surface area contributed by atoms with E-state index in [1.165, 1.54) is 19.3 Å². The van der Waals surface area contributed by atoms with Gasteiger partial charge in [0, 0.05) is 11.1 Å². The van der Waals surface area contributed by atoms with Crippen LogP contribution in [0, 0.1) is 17.8 Å². The fourth-order valence-electron chi connectivity index (χ4n) is 5.26. The zero-order chi connectivity index (χ0) is 14.6. The highest BCUT2D eigenvalue weighted by molar-refractivity contribution is 6.33. The molecule has 21 heavy (non-hydrogen) atoms. The first kappa shape index (κ1) is 13.4. The van der Waals surface area contributed by atoms with Gasteiger partial charge in [0.15, 0.2) is 0 Å². The number of rotatable bonds is 2. The molecule has 1 aromatic carbocycles. The van der Waals surface area contributed by atoms with Gasteiger partial charge in [0.25, 0.3) is 5.91 Å². The van der Waals surface area contributed by atoms with Gasteiger partial charge in [0.2, 0.25) is 0 Å². The Labute approximate surface area is 130 Å². The Kier molecular flexibility index (Phi) is 2.97. The van der Waals surface area contributed by atoms with Crippen LogP contribution < -0.4 is 11.1 Å². The average Bonchev–Trinajstić information content (AvgIpc) is 2.39. The number of anilines is 1. The molecule has 4 bridgehead atoms. The summed E-state index contributed by atoms with van der Waals surface area (Å²) in [5.41, 5.74) is 6.93. The summed E-state index contributed by atoms with van der Waals surface area (Å²) in [5, 5.41) is 3.85. The number of hydrogen-bond acceptors (Lipinski definition) is 2. The molecule has 0 heterocycles. The highest BCUT2D eigenvalue weighted by Gasteiger charge is 2.51. The summed E-state index contributed by atoms with van der Waals surface area (Å²) in [4.78, 5) is 12.6. The zero-order valence-electron chi connectivity index (χ0n) is 12.1. The fraction of sp³-hybridized carbons (Fsp3) is 0.588. The van der Waals surface area contributed by atoms with Crippen molar-refractivity contribution >= 4 is 23.2 Å². The summed E-state index contributed by atoms with van der Waals surface area (Å²) < 4.78 is 0. The van der Waals surface area contributed by atoms with E-state index >= 15 is 0 Å². The normalized spacial score (nSPS) is 36.7. The quantitative estimate of drug-likeness (QED) is 0.820. The lowest BCUT2D eigenvalue weighted by atomic mass is 9.53. The third-order valence-corrected chi connectivity index (χ3v) is 6.02. The van der Waals surface area contributed by atoms with Crippen molar-refractivity contribution < 1.29 is 4.79 Å². The second-order valence-electron chi connectivity index (χ2n) is 7.39. The molecule has 4 saturated carbocycles. The van der Waals surface area contributed by atoms with Gasteiger partial charge in [-0.2, -0.15) is 0 Å². The maximum Gasteiger partial charge on any atom is 0.251 e. The van der Waals surface area contributed by atoms with E-state index in [9.17, 15) is 4.79 Å². The molecule has 5 rings (SSSR count). The molecule has 4 fully saturated rings. The largest absolute Gasteiger partial charge is 0.398 e. The number of benzene rings is 1. The van der Waals surface area contributed by atoms with E-state index in [1.54, 1.807) is 18.2 Å². The molecule has 1 aromatic rings. The van der Waals surface area contributed by atoms with Gasteiger partial charge in [-0.05, 0) is 74.5 Å². The van der Waals surface area contributed by atoms with Crippen LogP contribution in [0.15, 0.2) is 18.2 Å². The number of halogens is 1. The number of carbonyl (C=O) groups is 1. The molecule has 0 aromatic heterocycles. The number of nitrogens with one attached hydrogen (secondary N) is 1. The van der Waals surface area contributed by atoms with Crippen LogP contribution in [0.3, 0.4) is 0 Å². The lowest BCUT2D eigenvalue weighted by Crippen LogP contribution is -2.59. The summed E-state index contributed by atoms with van der Waals surface area (Å²) in [6, 6.07) is 5.14. The van der Waals surface area contributed by atoms with Gasteiger partial charge in [-0.15, -0.1) is 0 Å². The molecule has 0 radical (unpaired) electrons. The molecular weight excluding hydrogens is 284 g/mol. The monoisotopic (exact) mass is 304 g/mol. The van der Waals surface area contributed by atoms with Gasteiger partial charge >= 0.3 is 0 Å². The molecule has 4 aliphatic rings. The minimum atomic E-state index is 0.000293. The SMILES string of the molecule is Nc1cc(C(=O)NC23CC4CC(CC(C4)C2)C3)ccc1Cl. The summed E-state index contributed by atoms with van der Waals surface area (Å²) in [6.45, 7) is 0.